The second kappa shape index (κ2) is 6.08. The molecule has 80 valence electrons. The number of aliphatic hydroxyl groups excluding tert-OH is 1. The summed E-state index contributed by atoms with van der Waals surface area (Å²) < 4.78 is 5.17. The Morgan fingerprint density at radius 1 is 1.73 bits per heavy atom. The normalized spacial score (nSPS) is 11.6. The number of halogens is 1. The Kier molecular flexibility index (Phi) is 4.70. The van der Waals surface area contributed by atoms with E-state index in [0.29, 0.717) is 5.75 Å². The third-order valence-electron chi connectivity index (χ3n) is 1.51. The van der Waals surface area contributed by atoms with Gasteiger partial charge in [-0.15, -0.1) is 0 Å². The Hall–Kier alpha value is -1.49. The number of azide groups is 1. The molecule has 0 bridgehead atoms. The standard InChI is InChI=1S/C8H9ClN4O2/c9-8-7(2-1-3-11-8)15-5-6(14)4-12-13-10/h1-3,6,14H,4-5H2. The predicted molar refractivity (Wildman–Crippen MR) is 54.8 cm³/mol. The Balaban J connectivity index is 2.43. The molecule has 0 radical (unpaired) electrons. The van der Waals surface area contributed by atoms with Crippen molar-refractivity contribution < 1.29 is 9.84 Å². The van der Waals surface area contributed by atoms with Crippen LogP contribution in [0.1, 0.15) is 0 Å². The molecular weight excluding hydrogens is 220 g/mol. The van der Waals surface area contributed by atoms with Crippen LogP contribution in [0.2, 0.25) is 5.15 Å². The van der Waals surface area contributed by atoms with Crippen LogP contribution >= 0.6 is 11.6 Å². The van der Waals surface area contributed by atoms with Gasteiger partial charge in [-0.25, -0.2) is 4.98 Å². The van der Waals surface area contributed by atoms with Gasteiger partial charge in [0.1, 0.15) is 6.61 Å². The molecule has 15 heavy (non-hydrogen) atoms. The largest absolute Gasteiger partial charge is 0.488 e. The van der Waals surface area contributed by atoms with Gasteiger partial charge in [-0.05, 0) is 17.7 Å². The van der Waals surface area contributed by atoms with E-state index in [1.54, 1.807) is 12.1 Å². The first-order chi connectivity index (χ1) is 7.24. The lowest BCUT2D eigenvalue weighted by atomic mass is 10.4. The molecular formula is C8H9ClN4O2. The molecule has 0 aromatic carbocycles. The summed E-state index contributed by atoms with van der Waals surface area (Å²) in [5.41, 5.74) is 8.02. The van der Waals surface area contributed by atoms with E-state index >= 15 is 0 Å². The van der Waals surface area contributed by atoms with E-state index in [2.05, 4.69) is 15.0 Å². The highest BCUT2D eigenvalue weighted by Crippen LogP contribution is 2.20. The third kappa shape index (κ3) is 4.03. The Labute approximate surface area is 91.1 Å². The zero-order valence-corrected chi connectivity index (χ0v) is 8.50. The minimum atomic E-state index is -0.850. The number of hydrogen-bond acceptors (Lipinski definition) is 4. The van der Waals surface area contributed by atoms with Gasteiger partial charge in [0.15, 0.2) is 10.9 Å². The van der Waals surface area contributed by atoms with Crippen LogP contribution in [-0.4, -0.2) is 29.3 Å². The number of aromatic nitrogens is 1. The van der Waals surface area contributed by atoms with Crippen LogP contribution in [0.15, 0.2) is 23.4 Å². The average molecular weight is 229 g/mol. The molecule has 6 nitrogen and oxygen atoms in total. The van der Waals surface area contributed by atoms with Gasteiger partial charge in [-0.2, -0.15) is 0 Å². The molecule has 1 N–H and O–H groups in total. The lowest BCUT2D eigenvalue weighted by Crippen LogP contribution is -2.20. The highest BCUT2D eigenvalue weighted by molar-refractivity contribution is 6.30. The Morgan fingerprint density at radius 3 is 3.20 bits per heavy atom. The second-order valence-corrected chi connectivity index (χ2v) is 3.03. The highest BCUT2D eigenvalue weighted by atomic mass is 35.5. The molecule has 1 heterocycles. The van der Waals surface area contributed by atoms with Crippen LogP contribution in [0.4, 0.5) is 0 Å². The minimum absolute atomic E-state index is 0.00440. The van der Waals surface area contributed by atoms with Crippen molar-refractivity contribution in [3.05, 3.63) is 33.9 Å². The molecule has 0 saturated carbocycles. The van der Waals surface area contributed by atoms with E-state index in [4.69, 9.17) is 21.9 Å². The van der Waals surface area contributed by atoms with Gasteiger partial charge in [0.2, 0.25) is 0 Å². The first-order valence-corrected chi connectivity index (χ1v) is 4.54. The molecule has 0 amide bonds. The Morgan fingerprint density at radius 2 is 2.53 bits per heavy atom. The average Bonchev–Trinajstić information content (AvgIpc) is 2.25. The molecule has 0 aliphatic carbocycles. The molecule has 1 aromatic rings. The fourth-order valence-corrected chi connectivity index (χ4v) is 1.02. The van der Waals surface area contributed by atoms with Crippen LogP contribution in [0.5, 0.6) is 5.75 Å². The molecule has 0 fully saturated rings. The van der Waals surface area contributed by atoms with Crippen LogP contribution in [0.3, 0.4) is 0 Å². The van der Waals surface area contributed by atoms with Crippen molar-refractivity contribution in [3.8, 4) is 5.75 Å². The Bertz CT molecular complexity index is 367. The van der Waals surface area contributed by atoms with Gasteiger partial charge < -0.3 is 9.84 Å². The van der Waals surface area contributed by atoms with Crippen LogP contribution in [-0.2, 0) is 0 Å². The minimum Gasteiger partial charge on any atom is -0.488 e. The summed E-state index contributed by atoms with van der Waals surface area (Å²) in [6.07, 6.45) is 0.683. The van der Waals surface area contributed by atoms with Crippen molar-refractivity contribution in [3.63, 3.8) is 0 Å². The summed E-state index contributed by atoms with van der Waals surface area (Å²) in [6, 6.07) is 3.30. The summed E-state index contributed by atoms with van der Waals surface area (Å²) in [4.78, 5) is 6.32. The number of aliphatic hydroxyl groups is 1. The number of ether oxygens (including phenoxy) is 1. The number of pyridine rings is 1. The monoisotopic (exact) mass is 228 g/mol. The van der Waals surface area contributed by atoms with Gasteiger partial charge >= 0.3 is 0 Å². The van der Waals surface area contributed by atoms with E-state index < -0.39 is 6.10 Å². The first kappa shape index (κ1) is 11.6. The van der Waals surface area contributed by atoms with Crippen LogP contribution in [0, 0.1) is 0 Å². The zero-order chi connectivity index (χ0) is 11.1. The number of hydrogen-bond donors (Lipinski definition) is 1. The second-order valence-electron chi connectivity index (χ2n) is 2.67. The topological polar surface area (TPSA) is 91.1 Å². The molecule has 0 aliphatic rings. The van der Waals surface area contributed by atoms with Crippen molar-refractivity contribution in [2.24, 2.45) is 5.11 Å². The van der Waals surface area contributed by atoms with Crippen molar-refractivity contribution >= 4 is 11.6 Å². The van der Waals surface area contributed by atoms with Gasteiger partial charge in [0, 0.05) is 11.1 Å². The SMILES string of the molecule is [N-]=[N+]=NCC(O)COc1cccnc1Cl. The molecule has 0 aliphatic heterocycles. The molecule has 1 atom stereocenters. The third-order valence-corrected chi connectivity index (χ3v) is 1.80. The van der Waals surface area contributed by atoms with E-state index in [-0.39, 0.29) is 18.3 Å². The summed E-state index contributed by atoms with van der Waals surface area (Å²) in [5.74, 6) is 0.388. The van der Waals surface area contributed by atoms with Gasteiger partial charge in [0.25, 0.3) is 0 Å². The molecule has 0 saturated heterocycles. The summed E-state index contributed by atoms with van der Waals surface area (Å²) >= 11 is 5.71. The van der Waals surface area contributed by atoms with E-state index in [9.17, 15) is 5.11 Å². The van der Waals surface area contributed by atoms with Gasteiger partial charge in [-0.3, -0.25) is 0 Å². The van der Waals surface area contributed by atoms with Crippen molar-refractivity contribution in [1.82, 2.24) is 4.98 Å². The quantitative estimate of drug-likeness (QED) is 0.360. The van der Waals surface area contributed by atoms with Crippen LogP contribution < -0.4 is 4.74 Å². The zero-order valence-electron chi connectivity index (χ0n) is 7.75. The number of rotatable bonds is 5. The maximum absolute atomic E-state index is 9.28. The van der Waals surface area contributed by atoms with Crippen molar-refractivity contribution in [1.29, 1.82) is 0 Å². The first-order valence-electron chi connectivity index (χ1n) is 4.16. The van der Waals surface area contributed by atoms with Crippen molar-refractivity contribution in [2.45, 2.75) is 6.10 Å². The molecule has 1 aromatic heterocycles. The summed E-state index contributed by atoms with van der Waals surface area (Å²) in [7, 11) is 0. The van der Waals surface area contributed by atoms with E-state index in [0.717, 1.165) is 0 Å². The van der Waals surface area contributed by atoms with Gasteiger partial charge in [-0.1, -0.05) is 16.7 Å². The maximum atomic E-state index is 9.28. The lowest BCUT2D eigenvalue weighted by Gasteiger charge is -2.10. The smallest absolute Gasteiger partial charge is 0.171 e. The van der Waals surface area contributed by atoms with Crippen molar-refractivity contribution in [2.75, 3.05) is 13.2 Å². The molecule has 1 rings (SSSR count). The summed E-state index contributed by atoms with van der Waals surface area (Å²) in [5, 5.41) is 12.7. The van der Waals surface area contributed by atoms with E-state index in [1.165, 1.54) is 6.20 Å². The lowest BCUT2D eigenvalue weighted by molar-refractivity contribution is 0.114. The maximum Gasteiger partial charge on any atom is 0.171 e. The van der Waals surface area contributed by atoms with E-state index in [1.807, 2.05) is 0 Å². The molecule has 0 spiro atoms. The fourth-order valence-electron chi connectivity index (χ4n) is 0.848. The fraction of sp³-hybridized carbons (Fsp3) is 0.375. The molecule has 1 unspecified atom stereocenters. The van der Waals surface area contributed by atoms with Gasteiger partial charge in [0.05, 0.1) is 12.6 Å². The van der Waals surface area contributed by atoms with Crippen LogP contribution in [0.25, 0.3) is 10.4 Å². The highest BCUT2D eigenvalue weighted by Gasteiger charge is 2.06. The number of nitrogens with zero attached hydrogens (tertiary/aromatic N) is 4. The predicted octanol–water partition coefficient (Wildman–Crippen LogP) is 1.78. The summed E-state index contributed by atoms with van der Waals surface area (Å²) in [6.45, 7) is -0.0290. The molecule has 7 heteroatoms.